The Labute approximate surface area is 140 Å². The van der Waals surface area contributed by atoms with Gasteiger partial charge < -0.3 is 10.1 Å². The van der Waals surface area contributed by atoms with Crippen molar-refractivity contribution < 1.29 is 9.72 Å². The highest BCUT2D eigenvalue weighted by atomic mass is 16.6. The van der Waals surface area contributed by atoms with Crippen LogP contribution in [-0.4, -0.2) is 46.3 Å². The molecule has 0 radical (unpaired) electrons. The van der Waals surface area contributed by atoms with Gasteiger partial charge in [-0.1, -0.05) is 22.3 Å². The Bertz CT molecular complexity index is 958. The second-order valence-corrected chi connectivity index (χ2v) is 5.12. The van der Waals surface area contributed by atoms with Crippen LogP contribution in [0.1, 0.15) is 6.92 Å². The second kappa shape index (κ2) is 6.82. The summed E-state index contributed by atoms with van der Waals surface area (Å²) in [6, 6.07) is 7.29. The fourth-order valence-corrected chi connectivity index (χ4v) is 2.08. The molecule has 0 bridgehead atoms. The van der Waals surface area contributed by atoms with Crippen molar-refractivity contribution in [1.82, 2.24) is 35.2 Å². The number of fused-ring (bicyclic) bond motifs is 1. The van der Waals surface area contributed by atoms with Crippen molar-refractivity contribution >= 4 is 28.6 Å². The van der Waals surface area contributed by atoms with E-state index in [9.17, 15) is 14.9 Å². The molecule has 0 aliphatic rings. The first kappa shape index (κ1) is 16.2. The minimum atomic E-state index is -0.687. The molecule has 1 N–H and O–H groups in total. The van der Waals surface area contributed by atoms with Crippen molar-refractivity contribution in [2.24, 2.45) is 5.10 Å². The summed E-state index contributed by atoms with van der Waals surface area (Å²) < 4.78 is 2.73. The minimum Gasteiger partial charge on any atom is -0.390 e. The molecular weight excluding hydrogens is 330 g/mol. The third-order valence-electron chi connectivity index (χ3n) is 3.16. The highest BCUT2D eigenvalue weighted by molar-refractivity contribution is 5.84. The van der Waals surface area contributed by atoms with Crippen LogP contribution in [0.25, 0.3) is 11.0 Å². The summed E-state index contributed by atoms with van der Waals surface area (Å²) in [5.74, 6) is -0.866. The van der Waals surface area contributed by atoms with E-state index in [1.54, 1.807) is 13.0 Å². The van der Waals surface area contributed by atoms with Gasteiger partial charge in [-0.15, -0.1) is 5.10 Å². The van der Waals surface area contributed by atoms with E-state index in [1.807, 2.05) is 18.2 Å². The van der Waals surface area contributed by atoms with E-state index in [-0.39, 0.29) is 19.0 Å². The second-order valence-electron chi connectivity index (χ2n) is 5.12. The van der Waals surface area contributed by atoms with Gasteiger partial charge in [0.25, 0.3) is 5.91 Å². The van der Waals surface area contributed by atoms with Gasteiger partial charge in [-0.3, -0.25) is 4.79 Å². The Kier molecular flexibility index (Phi) is 4.41. The smallest absolute Gasteiger partial charge is 0.390 e. The molecule has 1 aromatic carbocycles. The predicted octanol–water partition coefficient (Wildman–Crippen LogP) is 0.123. The molecule has 3 aromatic rings. The molecule has 25 heavy (non-hydrogen) atoms. The standard InChI is InChI=1S/C13H13N9O3/c1-9(6-20-8-14-13(18-20)22(24)25)15-17-12(23)7-21-11-5-3-2-4-10(11)16-19-21/h2-5,8H,6-7H2,1H3,(H,17,23). The molecule has 128 valence electrons. The summed E-state index contributed by atoms with van der Waals surface area (Å²) in [5, 5.41) is 26.0. The molecule has 1 amide bonds. The number of nitrogens with one attached hydrogen (secondary N) is 1. The largest absolute Gasteiger partial charge is 0.490 e. The predicted molar refractivity (Wildman–Crippen MR) is 85.5 cm³/mol. The summed E-state index contributed by atoms with van der Waals surface area (Å²) in [6.07, 6.45) is 1.22. The zero-order valence-electron chi connectivity index (χ0n) is 13.1. The van der Waals surface area contributed by atoms with E-state index in [1.165, 1.54) is 15.7 Å². The highest BCUT2D eigenvalue weighted by Crippen LogP contribution is 2.09. The molecule has 3 rings (SSSR count). The van der Waals surface area contributed by atoms with Gasteiger partial charge in [-0.05, 0) is 24.0 Å². The number of hydrazone groups is 1. The average molecular weight is 343 g/mol. The molecule has 0 saturated carbocycles. The van der Waals surface area contributed by atoms with Gasteiger partial charge in [-0.2, -0.15) is 9.78 Å². The van der Waals surface area contributed by atoms with Crippen LogP contribution in [0.15, 0.2) is 35.7 Å². The van der Waals surface area contributed by atoms with Crippen molar-refractivity contribution in [2.75, 3.05) is 0 Å². The quantitative estimate of drug-likeness (QED) is 0.380. The first-order chi connectivity index (χ1) is 12.0. The van der Waals surface area contributed by atoms with Crippen LogP contribution in [0, 0.1) is 10.1 Å². The molecule has 0 aliphatic carbocycles. The van der Waals surface area contributed by atoms with E-state index in [2.05, 4.69) is 30.9 Å². The van der Waals surface area contributed by atoms with E-state index in [0.29, 0.717) is 11.2 Å². The van der Waals surface area contributed by atoms with E-state index < -0.39 is 10.9 Å². The van der Waals surface area contributed by atoms with Gasteiger partial charge in [0.05, 0.1) is 17.8 Å². The molecule has 0 aliphatic heterocycles. The Hall–Kier alpha value is -3.70. The maximum atomic E-state index is 12.0. The van der Waals surface area contributed by atoms with Gasteiger partial charge in [0.1, 0.15) is 12.1 Å². The number of carbonyl (C=O) groups is 1. The minimum absolute atomic E-state index is 0.0356. The molecule has 0 saturated heterocycles. The molecule has 12 heteroatoms. The molecule has 12 nitrogen and oxygen atoms in total. The van der Waals surface area contributed by atoms with Crippen LogP contribution < -0.4 is 5.43 Å². The fourth-order valence-electron chi connectivity index (χ4n) is 2.08. The zero-order valence-corrected chi connectivity index (χ0v) is 13.1. The molecule has 0 spiro atoms. The average Bonchev–Trinajstić information content (AvgIpc) is 3.21. The normalized spacial score (nSPS) is 11.6. The van der Waals surface area contributed by atoms with Gasteiger partial charge in [0.15, 0.2) is 0 Å². The third kappa shape index (κ3) is 3.80. The monoisotopic (exact) mass is 343 g/mol. The van der Waals surface area contributed by atoms with E-state index in [4.69, 9.17) is 0 Å². The number of nitrogens with zero attached hydrogens (tertiary/aromatic N) is 8. The van der Waals surface area contributed by atoms with E-state index >= 15 is 0 Å². The summed E-state index contributed by atoms with van der Waals surface area (Å²) >= 11 is 0. The van der Waals surface area contributed by atoms with Crippen LogP contribution in [0.4, 0.5) is 5.95 Å². The summed E-state index contributed by atoms with van der Waals surface area (Å²) in [5.41, 5.74) is 4.34. The molecule has 2 aromatic heterocycles. The van der Waals surface area contributed by atoms with Crippen molar-refractivity contribution in [3.05, 3.63) is 40.7 Å². The maximum absolute atomic E-state index is 12.0. The molecule has 0 fully saturated rings. The van der Waals surface area contributed by atoms with Gasteiger partial charge in [-0.25, -0.2) is 10.1 Å². The molecule has 0 atom stereocenters. The highest BCUT2D eigenvalue weighted by Gasteiger charge is 2.13. The van der Waals surface area contributed by atoms with Crippen molar-refractivity contribution in [3.63, 3.8) is 0 Å². The number of rotatable bonds is 6. The first-order valence-electron chi connectivity index (χ1n) is 7.17. The van der Waals surface area contributed by atoms with Crippen LogP contribution in [-0.2, 0) is 17.9 Å². The topological polar surface area (TPSA) is 146 Å². The van der Waals surface area contributed by atoms with Crippen molar-refractivity contribution in [3.8, 4) is 0 Å². The summed E-state index contributed by atoms with van der Waals surface area (Å²) in [6.45, 7) is 1.78. The number of amides is 1. The van der Waals surface area contributed by atoms with E-state index in [0.717, 1.165) is 5.52 Å². The summed E-state index contributed by atoms with van der Waals surface area (Å²) in [4.78, 5) is 25.3. The summed E-state index contributed by atoms with van der Waals surface area (Å²) in [7, 11) is 0. The molecule has 0 unspecified atom stereocenters. The SMILES string of the molecule is CC(Cn1cnc([N+](=O)[O-])n1)=NNC(=O)Cn1nnc2ccccc21. The maximum Gasteiger partial charge on any atom is 0.490 e. The van der Waals surface area contributed by atoms with Crippen LogP contribution in [0.2, 0.25) is 0 Å². The number of benzene rings is 1. The van der Waals surface area contributed by atoms with Gasteiger partial charge in [0.2, 0.25) is 6.33 Å². The zero-order chi connectivity index (χ0) is 17.8. The van der Waals surface area contributed by atoms with Crippen molar-refractivity contribution in [2.45, 2.75) is 20.0 Å². The Balaban J connectivity index is 1.58. The van der Waals surface area contributed by atoms with Gasteiger partial charge >= 0.3 is 5.95 Å². The number of carbonyl (C=O) groups excluding carboxylic acids is 1. The lowest BCUT2D eigenvalue weighted by Gasteiger charge is -2.02. The van der Waals surface area contributed by atoms with Gasteiger partial charge in [0, 0.05) is 5.10 Å². The Morgan fingerprint density at radius 1 is 1.36 bits per heavy atom. The number of aromatic nitrogens is 6. The lowest BCUT2D eigenvalue weighted by atomic mass is 10.3. The molecular formula is C13H13N9O3. The Morgan fingerprint density at radius 3 is 2.92 bits per heavy atom. The fraction of sp³-hybridized carbons (Fsp3) is 0.231. The molecule has 2 heterocycles. The number of para-hydroxylation sites is 1. The lowest BCUT2D eigenvalue weighted by Crippen LogP contribution is -2.25. The number of hydrogen-bond donors (Lipinski definition) is 1. The van der Waals surface area contributed by atoms with Crippen LogP contribution in [0.3, 0.4) is 0 Å². The Morgan fingerprint density at radius 2 is 2.16 bits per heavy atom. The first-order valence-corrected chi connectivity index (χ1v) is 7.17. The number of nitro groups is 1. The third-order valence-corrected chi connectivity index (χ3v) is 3.16. The number of hydrogen-bond acceptors (Lipinski definition) is 8. The van der Waals surface area contributed by atoms with Crippen LogP contribution >= 0.6 is 0 Å². The lowest BCUT2D eigenvalue weighted by molar-refractivity contribution is -0.394. The van der Waals surface area contributed by atoms with Crippen molar-refractivity contribution in [1.29, 1.82) is 0 Å². The van der Waals surface area contributed by atoms with Crippen LogP contribution in [0.5, 0.6) is 0 Å².